The molecule has 2 aromatic carbocycles. The van der Waals surface area contributed by atoms with E-state index in [1.807, 2.05) is 0 Å². The van der Waals surface area contributed by atoms with Gasteiger partial charge in [0.1, 0.15) is 10.6 Å². The number of benzene rings is 2. The fourth-order valence-electron chi connectivity index (χ4n) is 1.86. The normalized spacial score (nSPS) is 11.0. The highest BCUT2D eigenvalue weighted by Crippen LogP contribution is 2.24. The van der Waals surface area contributed by atoms with Gasteiger partial charge in [0.25, 0.3) is 10.0 Å². The first kappa shape index (κ1) is 15.8. The fourth-order valence-corrected chi connectivity index (χ4v) is 3.11. The number of carbonyl (C=O) groups is 1. The number of esters is 1. The van der Waals surface area contributed by atoms with Crippen molar-refractivity contribution in [3.8, 4) is 5.75 Å². The third kappa shape index (κ3) is 3.20. The first-order valence-corrected chi connectivity index (χ1v) is 7.83. The number of nitrogens with one attached hydrogen (secondary N) is 1. The lowest BCUT2D eigenvalue weighted by Gasteiger charge is -2.11. The number of aryl methyl sites for hydroxylation is 1. The molecule has 116 valence electrons. The number of anilines is 1. The van der Waals surface area contributed by atoms with Crippen LogP contribution in [0.4, 0.5) is 5.69 Å². The Morgan fingerprint density at radius 3 is 2.50 bits per heavy atom. The predicted octanol–water partition coefficient (Wildman–Crippen LogP) is 2.29. The number of hydrogen-bond acceptors (Lipinski definition) is 5. The number of phenols is 1. The van der Waals surface area contributed by atoms with E-state index in [2.05, 4.69) is 9.46 Å². The van der Waals surface area contributed by atoms with Crippen molar-refractivity contribution in [3.63, 3.8) is 0 Å². The second kappa shape index (κ2) is 6.07. The molecule has 0 aromatic heterocycles. The summed E-state index contributed by atoms with van der Waals surface area (Å²) in [5, 5.41) is 9.64. The summed E-state index contributed by atoms with van der Waals surface area (Å²) in [5.41, 5.74) is 0.759. The van der Waals surface area contributed by atoms with Gasteiger partial charge in [-0.2, -0.15) is 0 Å². The highest BCUT2D eigenvalue weighted by molar-refractivity contribution is 7.92. The summed E-state index contributed by atoms with van der Waals surface area (Å²) >= 11 is 0. The van der Waals surface area contributed by atoms with Crippen molar-refractivity contribution >= 4 is 21.7 Å². The van der Waals surface area contributed by atoms with Crippen molar-refractivity contribution < 1.29 is 23.1 Å². The third-order valence-corrected chi connectivity index (χ3v) is 4.48. The number of sulfonamides is 1. The largest absolute Gasteiger partial charge is 0.508 e. The lowest BCUT2D eigenvalue weighted by molar-refractivity contribution is 0.0596. The fraction of sp³-hybridized carbons (Fsp3) is 0.133. The van der Waals surface area contributed by atoms with Gasteiger partial charge in [-0.1, -0.05) is 18.2 Å². The van der Waals surface area contributed by atoms with Crippen LogP contribution in [0.5, 0.6) is 5.75 Å². The van der Waals surface area contributed by atoms with Gasteiger partial charge in [0.15, 0.2) is 0 Å². The Hall–Kier alpha value is -2.54. The average Bonchev–Trinajstić information content (AvgIpc) is 2.50. The molecule has 0 spiro atoms. The van der Waals surface area contributed by atoms with E-state index in [9.17, 15) is 18.3 Å². The van der Waals surface area contributed by atoms with Crippen LogP contribution in [-0.2, 0) is 14.8 Å². The van der Waals surface area contributed by atoms with Gasteiger partial charge in [-0.15, -0.1) is 0 Å². The molecule has 2 aromatic rings. The van der Waals surface area contributed by atoms with Gasteiger partial charge in [-0.3, -0.25) is 4.72 Å². The van der Waals surface area contributed by atoms with Crippen LogP contribution in [0.3, 0.4) is 0 Å². The predicted molar refractivity (Wildman–Crippen MR) is 81.4 cm³/mol. The third-order valence-electron chi connectivity index (χ3n) is 3.04. The van der Waals surface area contributed by atoms with Crippen LogP contribution in [0, 0.1) is 6.92 Å². The quantitative estimate of drug-likeness (QED) is 0.843. The summed E-state index contributed by atoms with van der Waals surface area (Å²) < 4.78 is 31.8. The molecule has 0 saturated heterocycles. The second-order valence-electron chi connectivity index (χ2n) is 4.59. The number of ether oxygens (including phenoxy) is 1. The smallest absolute Gasteiger partial charge is 0.339 e. The zero-order chi connectivity index (χ0) is 16.3. The molecular formula is C15H15NO5S. The van der Waals surface area contributed by atoms with E-state index in [-0.39, 0.29) is 21.9 Å². The Morgan fingerprint density at radius 1 is 1.18 bits per heavy atom. The highest BCUT2D eigenvalue weighted by atomic mass is 32.2. The molecule has 0 aliphatic rings. The van der Waals surface area contributed by atoms with Crippen molar-refractivity contribution in [2.45, 2.75) is 11.8 Å². The molecule has 2 N–H and O–H groups in total. The first-order chi connectivity index (χ1) is 10.3. The Kier molecular flexibility index (Phi) is 4.37. The Balaban J connectivity index is 2.43. The van der Waals surface area contributed by atoms with E-state index in [1.54, 1.807) is 19.1 Å². The molecule has 0 saturated carbocycles. The molecule has 0 radical (unpaired) electrons. The minimum absolute atomic E-state index is 0.0264. The minimum Gasteiger partial charge on any atom is -0.508 e. The topological polar surface area (TPSA) is 92.7 Å². The number of aromatic hydroxyl groups is 1. The lowest BCUT2D eigenvalue weighted by Crippen LogP contribution is -2.17. The summed E-state index contributed by atoms with van der Waals surface area (Å²) in [5.74, 6) is -0.769. The Morgan fingerprint density at radius 2 is 1.86 bits per heavy atom. The van der Waals surface area contributed by atoms with Gasteiger partial charge >= 0.3 is 5.97 Å². The van der Waals surface area contributed by atoms with E-state index in [0.717, 1.165) is 0 Å². The molecule has 0 unspecified atom stereocenters. The number of rotatable bonds is 4. The van der Waals surface area contributed by atoms with E-state index in [4.69, 9.17) is 0 Å². The summed E-state index contributed by atoms with van der Waals surface area (Å²) in [4.78, 5) is 11.5. The zero-order valence-corrected chi connectivity index (χ0v) is 12.8. The molecule has 0 amide bonds. The van der Waals surface area contributed by atoms with Gasteiger partial charge < -0.3 is 9.84 Å². The number of carbonyl (C=O) groups excluding carboxylic acids is 1. The van der Waals surface area contributed by atoms with Crippen LogP contribution in [0.15, 0.2) is 47.4 Å². The molecule has 0 atom stereocenters. The molecule has 6 nitrogen and oxygen atoms in total. The second-order valence-corrected chi connectivity index (χ2v) is 6.25. The van der Waals surface area contributed by atoms with E-state index in [1.165, 1.54) is 37.4 Å². The van der Waals surface area contributed by atoms with Crippen LogP contribution in [0.25, 0.3) is 0 Å². The van der Waals surface area contributed by atoms with Gasteiger partial charge in [0.2, 0.25) is 0 Å². The molecule has 2 rings (SSSR count). The SMILES string of the molecule is COC(=O)c1ccccc1S(=O)(=O)Nc1ccc(C)c(O)c1. The first-order valence-electron chi connectivity index (χ1n) is 6.35. The van der Waals surface area contributed by atoms with Crippen molar-refractivity contribution in [1.82, 2.24) is 0 Å². The molecule has 0 heterocycles. The van der Waals surface area contributed by atoms with E-state index < -0.39 is 16.0 Å². The summed E-state index contributed by atoms with van der Waals surface area (Å²) in [6.45, 7) is 1.69. The zero-order valence-electron chi connectivity index (χ0n) is 12.0. The van der Waals surface area contributed by atoms with Gasteiger partial charge in [0.05, 0.1) is 18.4 Å². The van der Waals surface area contributed by atoms with Crippen LogP contribution >= 0.6 is 0 Å². The Labute approximate surface area is 128 Å². The van der Waals surface area contributed by atoms with E-state index >= 15 is 0 Å². The molecule has 0 bridgehead atoms. The summed E-state index contributed by atoms with van der Waals surface area (Å²) in [7, 11) is -2.81. The van der Waals surface area contributed by atoms with E-state index in [0.29, 0.717) is 5.56 Å². The van der Waals surface area contributed by atoms with Crippen LogP contribution in [-0.4, -0.2) is 26.6 Å². The molecule has 0 aliphatic carbocycles. The summed E-state index contributed by atoms with van der Waals surface area (Å²) in [6, 6.07) is 10.1. The van der Waals surface area contributed by atoms with Gasteiger partial charge in [0, 0.05) is 6.07 Å². The van der Waals surface area contributed by atoms with Crippen LogP contribution in [0.2, 0.25) is 0 Å². The van der Waals surface area contributed by atoms with Gasteiger partial charge in [-0.25, -0.2) is 13.2 Å². The molecule has 0 fully saturated rings. The average molecular weight is 321 g/mol. The summed E-state index contributed by atoms with van der Waals surface area (Å²) in [6.07, 6.45) is 0. The standard InChI is InChI=1S/C15H15NO5S/c1-10-7-8-11(9-13(10)17)16-22(19,20)14-6-4-3-5-12(14)15(18)21-2/h3-9,16-17H,1-2H3. The number of methoxy groups -OCH3 is 1. The van der Waals surface area contributed by atoms with Gasteiger partial charge in [-0.05, 0) is 30.7 Å². The van der Waals surface area contributed by atoms with Crippen molar-refractivity contribution in [3.05, 3.63) is 53.6 Å². The molecule has 7 heteroatoms. The highest BCUT2D eigenvalue weighted by Gasteiger charge is 2.22. The van der Waals surface area contributed by atoms with Crippen LogP contribution < -0.4 is 4.72 Å². The molecular weight excluding hydrogens is 306 g/mol. The maximum absolute atomic E-state index is 12.4. The molecule has 22 heavy (non-hydrogen) atoms. The number of hydrogen-bond donors (Lipinski definition) is 2. The minimum atomic E-state index is -3.99. The maximum atomic E-state index is 12.4. The van der Waals surface area contributed by atoms with Crippen molar-refractivity contribution in [2.75, 3.05) is 11.8 Å². The van der Waals surface area contributed by atoms with Crippen molar-refractivity contribution in [1.29, 1.82) is 0 Å². The lowest BCUT2D eigenvalue weighted by atomic mass is 10.2. The molecule has 0 aliphatic heterocycles. The van der Waals surface area contributed by atoms with Crippen LogP contribution in [0.1, 0.15) is 15.9 Å². The Bertz CT molecular complexity index is 814. The number of phenolic OH excluding ortho intramolecular Hbond substituents is 1. The monoisotopic (exact) mass is 321 g/mol. The van der Waals surface area contributed by atoms with Crippen molar-refractivity contribution in [2.24, 2.45) is 0 Å². The maximum Gasteiger partial charge on any atom is 0.339 e.